The number of ether oxygens (including phenoxy) is 1. The van der Waals surface area contributed by atoms with E-state index >= 15 is 0 Å². The van der Waals surface area contributed by atoms with Crippen molar-refractivity contribution in [1.29, 1.82) is 0 Å². The number of halogens is 2. The molecule has 0 saturated carbocycles. The topological polar surface area (TPSA) is 268 Å². The zero-order valence-electron chi connectivity index (χ0n) is 56.7. The zero-order valence-corrected chi connectivity index (χ0v) is 59.8. The van der Waals surface area contributed by atoms with E-state index in [1.54, 1.807) is 21.9 Å². The summed E-state index contributed by atoms with van der Waals surface area (Å²) in [5, 5.41) is 37.0. The van der Waals surface area contributed by atoms with E-state index in [1.807, 2.05) is 64.5 Å². The molecule has 0 radical (unpaired) electrons. The fraction of sp³-hybridized carbons (Fsp3) is 0.478. The smallest absolute Gasteiger partial charge is 0.324 e. The molecule has 5 aromatic carbocycles. The Kier molecular flexibility index (Phi) is 19.4. The Morgan fingerprint density at radius 1 is 0.490 bits per heavy atom. The molecule has 0 unspecified atom stereocenters. The van der Waals surface area contributed by atoms with Gasteiger partial charge in [-0.25, -0.2) is 21.6 Å². The number of nitrogens with one attached hydrogen (secondary N) is 5. The number of morpholine rings is 1. The SMILES string of the molecule is CC1(C)CN(c2cc(N3CCCC3)cc3[nH]ncc23)CCN1S(C)(=O)=O.CC1(C)CN(c2cc(N3CCOCC3)cc3[nH]ncc23)CCN1S(C)(=O)=O.CN1C(=O)NC(=O)C12CCN(c1cc(Cl)cc3[nH]ncc13)CC2.Clc1cc(N2CCC(c3ccccc3)CC2)c2cn[nH]c2c1. The van der Waals surface area contributed by atoms with Gasteiger partial charge in [0, 0.05) is 175 Å². The molecule has 0 atom stereocenters. The first-order valence-electron chi connectivity index (χ1n) is 33.7. The molecule has 98 heavy (non-hydrogen) atoms. The lowest BCUT2D eigenvalue weighted by Crippen LogP contribution is -2.60. The van der Waals surface area contributed by atoms with Crippen molar-refractivity contribution in [2.24, 2.45) is 0 Å². The number of carbonyl (C=O) groups excluding carboxylic acids is 2. The number of aromatic amines is 4. The van der Waals surface area contributed by atoms with Crippen molar-refractivity contribution in [3.63, 3.8) is 0 Å². The molecule has 0 bridgehead atoms. The van der Waals surface area contributed by atoms with E-state index in [1.165, 1.54) is 60.0 Å². The van der Waals surface area contributed by atoms with Crippen LogP contribution in [0.15, 0.2) is 104 Å². The number of hydrogen-bond donors (Lipinski definition) is 5. The summed E-state index contributed by atoms with van der Waals surface area (Å²) in [5.41, 5.74) is 10.5. The number of benzene rings is 5. The van der Waals surface area contributed by atoms with Gasteiger partial charge in [-0.1, -0.05) is 53.5 Å². The number of aromatic nitrogens is 8. The number of fused-ring (bicyclic) bond motifs is 4. The maximum atomic E-state index is 12.2. The number of H-pyrrole nitrogens is 4. The van der Waals surface area contributed by atoms with Crippen molar-refractivity contribution in [3.8, 4) is 0 Å². The van der Waals surface area contributed by atoms with Gasteiger partial charge in [0.1, 0.15) is 5.54 Å². The monoisotopic (exact) mass is 1410 g/mol. The number of amides is 3. The molecule has 7 fully saturated rings. The summed E-state index contributed by atoms with van der Waals surface area (Å²) in [7, 11) is -4.76. The lowest BCUT2D eigenvalue weighted by Gasteiger charge is -2.46. The number of sulfonamides is 2. The van der Waals surface area contributed by atoms with E-state index in [4.69, 9.17) is 27.9 Å². The summed E-state index contributed by atoms with van der Waals surface area (Å²) >= 11 is 12.4. The Bertz CT molecular complexity index is 4590. The van der Waals surface area contributed by atoms with Crippen molar-refractivity contribution >= 4 is 133 Å². The highest BCUT2D eigenvalue weighted by Crippen LogP contribution is 2.41. The van der Waals surface area contributed by atoms with Gasteiger partial charge >= 0.3 is 6.03 Å². The van der Waals surface area contributed by atoms with Gasteiger partial charge in [0.15, 0.2) is 0 Å². The van der Waals surface area contributed by atoms with E-state index in [-0.39, 0.29) is 11.9 Å². The number of nitrogens with zero attached hydrogens (tertiary/aromatic N) is 13. The van der Waals surface area contributed by atoms with E-state index in [0.717, 1.165) is 124 Å². The van der Waals surface area contributed by atoms with Crippen molar-refractivity contribution < 1.29 is 31.2 Å². The quantitative estimate of drug-likeness (QED) is 0.0842. The zero-order chi connectivity index (χ0) is 68.9. The van der Waals surface area contributed by atoms with Crippen LogP contribution in [0, 0.1) is 0 Å². The molecule has 7 saturated heterocycles. The molecule has 522 valence electrons. The van der Waals surface area contributed by atoms with Gasteiger partial charge in [0.05, 0.1) is 72.6 Å². The number of carbonyl (C=O) groups is 2. The van der Waals surface area contributed by atoms with Gasteiger partial charge in [0.2, 0.25) is 20.0 Å². The van der Waals surface area contributed by atoms with E-state index in [2.05, 4.69) is 136 Å². The molecule has 16 rings (SSSR count). The van der Waals surface area contributed by atoms with Crippen LogP contribution in [0.25, 0.3) is 43.6 Å². The largest absolute Gasteiger partial charge is 0.378 e. The van der Waals surface area contributed by atoms with Crippen molar-refractivity contribution in [2.75, 3.05) is 154 Å². The fourth-order valence-corrected chi connectivity index (χ4v) is 18.8. The number of hydrogen-bond acceptors (Lipinski definition) is 17. The summed E-state index contributed by atoms with van der Waals surface area (Å²) < 4.78 is 57.3. The summed E-state index contributed by atoms with van der Waals surface area (Å²) in [4.78, 5) is 39.5. The number of likely N-dealkylation sites (N-methyl/N-ethyl adjacent to an activating group) is 1. The highest BCUT2D eigenvalue weighted by molar-refractivity contribution is 7.88. The molecule has 1 spiro atoms. The van der Waals surface area contributed by atoms with Crippen LogP contribution in [-0.4, -0.2) is 224 Å². The van der Waals surface area contributed by atoms with Crippen LogP contribution in [0.4, 0.5) is 38.9 Å². The Labute approximate surface area is 582 Å². The van der Waals surface area contributed by atoms with Gasteiger partial charge in [-0.2, -0.15) is 29.0 Å². The van der Waals surface area contributed by atoms with Crippen LogP contribution >= 0.6 is 23.2 Å². The predicted molar refractivity (Wildman–Crippen MR) is 391 cm³/mol. The molecule has 7 aliphatic heterocycles. The third-order valence-electron chi connectivity index (χ3n) is 20.7. The highest BCUT2D eigenvalue weighted by atomic mass is 35.5. The van der Waals surface area contributed by atoms with Crippen LogP contribution < -0.4 is 34.7 Å². The van der Waals surface area contributed by atoms with E-state index in [9.17, 15) is 26.4 Å². The van der Waals surface area contributed by atoms with E-state index in [0.29, 0.717) is 76.1 Å². The third kappa shape index (κ3) is 14.2. The number of anilines is 6. The third-order valence-corrected chi connectivity index (χ3v) is 24.0. The summed E-state index contributed by atoms with van der Waals surface area (Å²) in [6, 6.07) is 27.0. The second-order valence-electron chi connectivity index (χ2n) is 28.0. The van der Waals surface area contributed by atoms with Crippen LogP contribution in [0.3, 0.4) is 0 Å². The Morgan fingerprint density at radius 3 is 1.31 bits per heavy atom. The maximum Gasteiger partial charge on any atom is 0.324 e. The summed E-state index contributed by atoms with van der Waals surface area (Å²) in [5.74, 6) is 0.473. The van der Waals surface area contributed by atoms with Gasteiger partial charge in [-0.05, 0) is 126 Å². The van der Waals surface area contributed by atoms with Crippen molar-refractivity contribution in [3.05, 3.63) is 119 Å². The summed E-state index contributed by atoms with van der Waals surface area (Å²) in [6.07, 6.45) is 16.0. The average Bonchev–Trinajstić information content (AvgIpc) is 1.49. The fourth-order valence-electron chi connectivity index (χ4n) is 15.7. The van der Waals surface area contributed by atoms with Gasteiger partial charge < -0.3 is 39.0 Å². The predicted octanol–water partition coefficient (Wildman–Crippen LogP) is 9.62. The molecule has 9 aromatic rings. The van der Waals surface area contributed by atoms with E-state index < -0.39 is 36.7 Å². The minimum absolute atomic E-state index is 0.191. The standard InChI is InChI=1S/C18H18ClN3.C18H27N5O3S.C18H27N5O2S.C15H16ClN5O2/c19-15-10-17-16(12-20-21-17)18(11-15)22-8-6-14(7-9-22)13-4-2-1-3-5-13;1-18(2)13-22(4-5-23(18)27(3,24)25)17-11-14(21-6-8-26-9-7-21)10-16-15(17)12-19-20-16;1-18(2)13-22(8-9-23(18)26(3,24)25)17-11-14(21-6-4-5-7-21)10-16-15(17)12-19-20-16;1-20-14(23)18-13(22)15(20)2-4-21(5-3-15)12-7-9(16)6-11-10(12)8-17-19-11/h1-5,10-12,14H,6-9H2,(H,20,21);10-12H,4-9,13H2,1-3H3,(H,19,20);10-12H,4-9,13H2,1-3H3,(H,19,20);6-8H,2-5H2,1H3,(H,17,19)(H,18,22,23). The van der Waals surface area contributed by atoms with Crippen molar-refractivity contribution in [2.45, 2.75) is 88.8 Å². The molecular formula is C69H88Cl2N18O7S2. The Morgan fingerprint density at radius 2 is 0.898 bits per heavy atom. The molecular weight excluding hydrogens is 1330 g/mol. The second kappa shape index (κ2) is 27.7. The molecule has 5 N–H and O–H groups in total. The molecule has 29 heteroatoms. The molecule has 7 aliphatic rings. The van der Waals surface area contributed by atoms with Crippen LogP contribution in [0.2, 0.25) is 10.0 Å². The second-order valence-corrected chi connectivity index (χ2v) is 32.7. The molecule has 11 heterocycles. The summed E-state index contributed by atoms with van der Waals surface area (Å²) in [6.45, 7) is 20.4. The molecule has 4 aromatic heterocycles. The first-order chi connectivity index (χ1) is 46.8. The van der Waals surface area contributed by atoms with Crippen LogP contribution in [-0.2, 0) is 29.6 Å². The number of piperidine rings is 2. The Balaban J connectivity index is 0.000000118. The van der Waals surface area contributed by atoms with Gasteiger partial charge in [-0.3, -0.25) is 30.5 Å². The van der Waals surface area contributed by atoms with Crippen LogP contribution in [0.5, 0.6) is 0 Å². The first kappa shape index (κ1) is 68.6. The number of imide groups is 1. The van der Waals surface area contributed by atoms with Crippen LogP contribution in [0.1, 0.15) is 77.7 Å². The minimum atomic E-state index is -3.23. The molecule has 0 aliphatic carbocycles. The first-order valence-corrected chi connectivity index (χ1v) is 38.2. The number of rotatable bonds is 9. The normalized spacial score (nSPS) is 20.2. The lowest BCUT2D eigenvalue weighted by molar-refractivity contribution is -0.127. The van der Waals surface area contributed by atoms with Gasteiger partial charge in [-0.15, -0.1) is 0 Å². The number of urea groups is 1. The molecule has 25 nitrogen and oxygen atoms in total. The minimum Gasteiger partial charge on any atom is -0.378 e. The maximum absolute atomic E-state index is 12.2. The Hall–Kier alpha value is -7.92. The lowest BCUT2D eigenvalue weighted by atomic mass is 9.86. The van der Waals surface area contributed by atoms with Gasteiger partial charge in [0.25, 0.3) is 5.91 Å². The number of piperazine rings is 2. The average molecular weight is 1420 g/mol. The van der Waals surface area contributed by atoms with Crippen molar-refractivity contribution in [1.82, 2.24) is 59.6 Å². The highest BCUT2D eigenvalue weighted by Gasteiger charge is 2.52. The molecule has 3 amide bonds.